The van der Waals surface area contributed by atoms with Gasteiger partial charge in [0.25, 0.3) is 0 Å². The molecule has 0 aliphatic heterocycles. The van der Waals surface area contributed by atoms with Crippen molar-refractivity contribution >= 4 is 21.8 Å². The van der Waals surface area contributed by atoms with Gasteiger partial charge in [-0.25, -0.2) is 27.8 Å². The molecule has 4 rings (SSSR count). The first-order valence-electron chi connectivity index (χ1n) is 11.5. The van der Waals surface area contributed by atoms with Crippen molar-refractivity contribution in [3.63, 3.8) is 0 Å². The summed E-state index contributed by atoms with van der Waals surface area (Å²) in [6.07, 6.45) is 2.33. The van der Waals surface area contributed by atoms with Crippen molar-refractivity contribution in [2.45, 2.75) is 13.3 Å². The Hall–Kier alpha value is -4.33. The molecule has 14 heteroatoms. The molecule has 4 aromatic rings. The maximum absolute atomic E-state index is 13.2. The van der Waals surface area contributed by atoms with Crippen LogP contribution in [0.3, 0.4) is 0 Å². The Labute approximate surface area is 219 Å². The van der Waals surface area contributed by atoms with Crippen molar-refractivity contribution in [2.75, 3.05) is 37.1 Å². The number of pyridine rings is 1. The highest BCUT2D eigenvalue weighted by molar-refractivity contribution is 7.92. The smallest absolute Gasteiger partial charge is 0.243 e. The van der Waals surface area contributed by atoms with Crippen LogP contribution in [0.15, 0.2) is 48.8 Å². The number of aromatic nitrogens is 6. The van der Waals surface area contributed by atoms with Crippen LogP contribution >= 0.6 is 0 Å². The van der Waals surface area contributed by atoms with Gasteiger partial charge in [0.05, 0.1) is 32.4 Å². The lowest BCUT2D eigenvalue weighted by Crippen LogP contribution is -2.24. The summed E-state index contributed by atoms with van der Waals surface area (Å²) < 4.78 is 54.7. The third-order valence-corrected chi connectivity index (χ3v) is 6.98. The van der Waals surface area contributed by atoms with Gasteiger partial charge in [-0.15, -0.1) is 10.2 Å². The summed E-state index contributed by atoms with van der Waals surface area (Å²) in [7, 11) is 0.786. The molecule has 0 amide bonds. The molecule has 0 saturated carbocycles. The van der Waals surface area contributed by atoms with E-state index < -0.39 is 15.8 Å². The topological polar surface area (TPSA) is 146 Å². The van der Waals surface area contributed by atoms with Crippen LogP contribution in [0, 0.1) is 11.7 Å². The minimum atomic E-state index is -3.93. The molecule has 1 aromatic carbocycles. The molecule has 3 aromatic heterocycles. The van der Waals surface area contributed by atoms with Crippen molar-refractivity contribution in [3.8, 4) is 28.7 Å². The SMILES string of the molecule is CNc1cccc(-c2nnc(NS(=O)(=O)C[C@H](C)Cc3ncc(F)cn3)n2-c2c(OC)cccc2OC)n1. The molecule has 0 saturated heterocycles. The summed E-state index contributed by atoms with van der Waals surface area (Å²) in [5, 5.41) is 11.4. The van der Waals surface area contributed by atoms with Gasteiger partial charge in [0.1, 0.15) is 34.5 Å². The molecule has 3 heterocycles. The molecule has 12 nitrogen and oxygen atoms in total. The standard InChI is InChI=1S/C24H27FN8O4S/c1-15(11-21-27-12-16(25)13-28-21)14-38(34,35)32-24-31-30-23(17-7-5-10-20(26-2)29-17)33(24)22-18(36-3)8-6-9-19(22)37-4/h5-10,12-13,15H,11,14H2,1-4H3,(H,26,29)(H,31,32)/t15-/m1/s1. The van der Waals surface area contributed by atoms with E-state index in [4.69, 9.17) is 9.47 Å². The number of hydrogen-bond acceptors (Lipinski definition) is 10. The van der Waals surface area contributed by atoms with Crippen LogP contribution in [0.25, 0.3) is 17.2 Å². The number of nitrogens with zero attached hydrogens (tertiary/aromatic N) is 6. The molecule has 1 atom stereocenters. The Balaban J connectivity index is 1.74. The number of benzene rings is 1. The van der Waals surface area contributed by atoms with Crippen molar-refractivity contribution < 1.29 is 22.3 Å². The van der Waals surface area contributed by atoms with Crippen LogP contribution in [-0.2, 0) is 16.4 Å². The highest BCUT2D eigenvalue weighted by Crippen LogP contribution is 2.37. The molecule has 0 bridgehead atoms. The Morgan fingerprint density at radius 3 is 2.32 bits per heavy atom. The van der Waals surface area contributed by atoms with Gasteiger partial charge in [0.2, 0.25) is 16.0 Å². The van der Waals surface area contributed by atoms with E-state index in [1.807, 2.05) is 0 Å². The first-order valence-corrected chi connectivity index (χ1v) is 13.2. The summed E-state index contributed by atoms with van der Waals surface area (Å²) in [4.78, 5) is 12.4. The zero-order valence-corrected chi connectivity index (χ0v) is 22.0. The van der Waals surface area contributed by atoms with Crippen LogP contribution in [0.1, 0.15) is 12.7 Å². The number of ether oxygens (including phenoxy) is 2. The molecule has 0 unspecified atom stereocenters. The van der Waals surface area contributed by atoms with Gasteiger partial charge in [-0.2, -0.15) is 0 Å². The summed E-state index contributed by atoms with van der Waals surface area (Å²) >= 11 is 0. The van der Waals surface area contributed by atoms with E-state index >= 15 is 0 Å². The quantitative estimate of drug-likeness (QED) is 0.290. The van der Waals surface area contributed by atoms with Gasteiger partial charge in [0.15, 0.2) is 11.6 Å². The third kappa shape index (κ3) is 5.96. The van der Waals surface area contributed by atoms with Crippen molar-refractivity contribution in [1.82, 2.24) is 29.7 Å². The summed E-state index contributed by atoms with van der Waals surface area (Å²) in [5.74, 6) is 0.689. The van der Waals surface area contributed by atoms with Crippen LogP contribution in [0.2, 0.25) is 0 Å². The number of nitrogens with one attached hydrogen (secondary N) is 2. The van der Waals surface area contributed by atoms with Crippen LogP contribution in [-0.4, -0.2) is 65.2 Å². The predicted octanol–water partition coefficient (Wildman–Crippen LogP) is 2.94. The van der Waals surface area contributed by atoms with Crippen molar-refractivity contribution in [3.05, 3.63) is 60.4 Å². The molecule has 38 heavy (non-hydrogen) atoms. The molecule has 0 aliphatic rings. The van der Waals surface area contributed by atoms with E-state index in [9.17, 15) is 12.8 Å². The van der Waals surface area contributed by atoms with Gasteiger partial charge in [-0.3, -0.25) is 9.29 Å². The Morgan fingerprint density at radius 1 is 1.03 bits per heavy atom. The first kappa shape index (κ1) is 26.7. The summed E-state index contributed by atoms with van der Waals surface area (Å²) in [6.45, 7) is 1.73. The van der Waals surface area contributed by atoms with Gasteiger partial charge >= 0.3 is 0 Å². The van der Waals surface area contributed by atoms with E-state index in [1.54, 1.807) is 50.4 Å². The summed E-state index contributed by atoms with van der Waals surface area (Å²) in [6, 6.07) is 10.5. The molecule has 0 spiro atoms. The Bertz CT molecular complexity index is 1490. The molecule has 0 radical (unpaired) electrons. The van der Waals surface area contributed by atoms with E-state index in [0.29, 0.717) is 34.5 Å². The van der Waals surface area contributed by atoms with Crippen LogP contribution in [0.5, 0.6) is 11.5 Å². The minimum absolute atomic E-state index is 0.0790. The summed E-state index contributed by atoms with van der Waals surface area (Å²) in [5.41, 5.74) is 0.823. The van der Waals surface area contributed by atoms with Crippen LogP contribution < -0.4 is 19.5 Å². The molecule has 0 fully saturated rings. The molecule has 0 aliphatic carbocycles. The Morgan fingerprint density at radius 2 is 1.68 bits per heavy atom. The fourth-order valence-electron chi connectivity index (χ4n) is 3.85. The van der Waals surface area contributed by atoms with Crippen molar-refractivity contribution in [2.24, 2.45) is 5.92 Å². The highest BCUT2D eigenvalue weighted by Gasteiger charge is 2.26. The lowest BCUT2D eigenvalue weighted by Gasteiger charge is -2.18. The zero-order chi connectivity index (χ0) is 27.3. The fraction of sp³-hybridized carbons (Fsp3) is 0.292. The second-order valence-corrected chi connectivity index (χ2v) is 10.1. The highest BCUT2D eigenvalue weighted by atomic mass is 32.2. The molecule has 2 N–H and O–H groups in total. The second kappa shape index (κ2) is 11.4. The van der Waals surface area contributed by atoms with Gasteiger partial charge in [-0.05, 0) is 30.2 Å². The van der Waals surface area contributed by atoms with Crippen molar-refractivity contribution in [1.29, 1.82) is 0 Å². The lowest BCUT2D eigenvalue weighted by molar-refractivity contribution is 0.391. The average Bonchev–Trinajstić information content (AvgIpc) is 3.31. The lowest BCUT2D eigenvalue weighted by atomic mass is 10.1. The monoisotopic (exact) mass is 542 g/mol. The third-order valence-electron chi connectivity index (χ3n) is 5.48. The fourth-order valence-corrected chi connectivity index (χ4v) is 5.21. The number of sulfonamides is 1. The van der Waals surface area contributed by atoms with Gasteiger partial charge in [-0.1, -0.05) is 19.1 Å². The normalized spacial score (nSPS) is 12.1. The number of rotatable bonds is 11. The van der Waals surface area contributed by atoms with E-state index in [0.717, 1.165) is 12.4 Å². The maximum Gasteiger partial charge on any atom is 0.243 e. The van der Waals surface area contributed by atoms with E-state index in [2.05, 4.69) is 35.2 Å². The number of para-hydroxylation sites is 1. The maximum atomic E-state index is 13.2. The second-order valence-electron chi connectivity index (χ2n) is 8.36. The van der Waals surface area contributed by atoms with Gasteiger partial charge in [0, 0.05) is 13.5 Å². The number of halogens is 1. The number of hydrogen-bond donors (Lipinski definition) is 2. The Kier molecular flexibility index (Phi) is 8.00. The predicted molar refractivity (Wildman–Crippen MR) is 140 cm³/mol. The molecular weight excluding hydrogens is 515 g/mol. The minimum Gasteiger partial charge on any atom is -0.494 e. The van der Waals surface area contributed by atoms with E-state index in [1.165, 1.54) is 18.8 Å². The molecule has 200 valence electrons. The van der Waals surface area contributed by atoms with Gasteiger partial charge < -0.3 is 14.8 Å². The molecular formula is C24H27FN8O4S. The zero-order valence-electron chi connectivity index (χ0n) is 21.2. The number of anilines is 2. The largest absolute Gasteiger partial charge is 0.494 e. The first-order chi connectivity index (χ1) is 18.2. The average molecular weight is 543 g/mol. The van der Waals surface area contributed by atoms with E-state index in [-0.39, 0.29) is 29.9 Å². The number of methoxy groups -OCH3 is 2. The van der Waals surface area contributed by atoms with Crippen LogP contribution in [0.4, 0.5) is 16.2 Å².